The first kappa shape index (κ1) is 12.4. The van der Waals surface area contributed by atoms with E-state index in [1.807, 2.05) is 0 Å². The number of benzene rings is 2. The second-order valence-corrected chi connectivity index (χ2v) is 4.53. The van der Waals surface area contributed by atoms with Crippen molar-refractivity contribution in [1.82, 2.24) is 0 Å². The molecule has 0 saturated heterocycles. The van der Waals surface area contributed by atoms with Crippen LogP contribution in [0.1, 0.15) is 0 Å². The van der Waals surface area contributed by atoms with Gasteiger partial charge in [-0.2, -0.15) is 0 Å². The van der Waals surface area contributed by atoms with Gasteiger partial charge in [0.25, 0.3) is 0 Å². The van der Waals surface area contributed by atoms with Crippen molar-refractivity contribution in [2.75, 3.05) is 0 Å². The monoisotopic (exact) mass is 287 g/mol. The Labute approximate surface area is 113 Å². The van der Waals surface area contributed by atoms with Gasteiger partial charge in [-0.25, -0.2) is 0 Å². The van der Waals surface area contributed by atoms with E-state index in [2.05, 4.69) is 6.07 Å². The Balaban J connectivity index is 2.61. The molecule has 0 aromatic heterocycles. The standard InChI is InChI=1S/C12H6Cl3O2/c13-8-3-1-6(5-10(8)15)7-2-4-9(14)12(17)11(7)16/h1-3,5,16-17H. The highest BCUT2D eigenvalue weighted by Gasteiger charge is 2.13. The summed E-state index contributed by atoms with van der Waals surface area (Å²) < 4.78 is 0. The number of halogens is 3. The van der Waals surface area contributed by atoms with Gasteiger partial charge in [-0.1, -0.05) is 40.9 Å². The molecule has 2 aromatic rings. The maximum absolute atomic E-state index is 9.76. The van der Waals surface area contributed by atoms with Gasteiger partial charge in [0.2, 0.25) is 0 Å². The third-order valence-corrected chi connectivity index (χ3v) is 3.29. The van der Waals surface area contributed by atoms with Gasteiger partial charge >= 0.3 is 0 Å². The van der Waals surface area contributed by atoms with Gasteiger partial charge in [-0.05, 0) is 23.8 Å². The summed E-state index contributed by atoms with van der Waals surface area (Å²) in [6, 6.07) is 8.95. The molecule has 0 aliphatic carbocycles. The molecule has 2 rings (SSSR count). The van der Waals surface area contributed by atoms with Crippen LogP contribution in [0.2, 0.25) is 15.1 Å². The van der Waals surface area contributed by atoms with Gasteiger partial charge in [0.05, 0.1) is 15.1 Å². The minimum Gasteiger partial charge on any atom is -0.504 e. The van der Waals surface area contributed by atoms with Crippen LogP contribution in [0, 0.1) is 6.07 Å². The molecule has 0 amide bonds. The second kappa shape index (κ2) is 4.65. The number of phenolic OH excluding ortho intramolecular Hbond substituents is 2. The van der Waals surface area contributed by atoms with Gasteiger partial charge < -0.3 is 10.2 Å². The maximum Gasteiger partial charge on any atom is 0.177 e. The van der Waals surface area contributed by atoms with Crippen molar-refractivity contribution in [2.24, 2.45) is 0 Å². The van der Waals surface area contributed by atoms with Gasteiger partial charge in [0, 0.05) is 11.6 Å². The van der Waals surface area contributed by atoms with E-state index >= 15 is 0 Å². The quantitative estimate of drug-likeness (QED) is 0.757. The predicted molar refractivity (Wildman–Crippen MR) is 69.1 cm³/mol. The Morgan fingerprint density at radius 2 is 1.65 bits per heavy atom. The van der Waals surface area contributed by atoms with Crippen molar-refractivity contribution in [2.45, 2.75) is 0 Å². The zero-order valence-corrected chi connectivity index (χ0v) is 10.6. The van der Waals surface area contributed by atoms with Gasteiger partial charge in [-0.15, -0.1) is 0 Å². The molecule has 17 heavy (non-hydrogen) atoms. The van der Waals surface area contributed by atoms with Crippen molar-refractivity contribution in [3.63, 3.8) is 0 Å². The summed E-state index contributed by atoms with van der Waals surface area (Å²) in [5.41, 5.74) is 0.991. The Morgan fingerprint density at radius 3 is 2.29 bits per heavy atom. The van der Waals surface area contributed by atoms with Crippen LogP contribution < -0.4 is 0 Å². The van der Waals surface area contributed by atoms with Crippen LogP contribution in [0.25, 0.3) is 11.1 Å². The lowest BCUT2D eigenvalue weighted by Gasteiger charge is -2.08. The normalized spacial score (nSPS) is 10.5. The fraction of sp³-hybridized carbons (Fsp3) is 0. The summed E-state index contributed by atoms with van der Waals surface area (Å²) >= 11 is 17.3. The highest BCUT2D eigenvalue weighted by atomic mass is 35.5. The predicted octanol–water partition coefficient (Wildman–Crippen LogP) is 4.53. The van der Waals surface area contributed by atoms with Crippen LogP contribution in [0.3, 0.4) is 0 Å². The Morgan fingerprint density at radius 1 is 0.941 bits per heavy atom. The van der Waals surface area contributed by atoms with Crippen molar-refractivity contribution in [3.05, 3.63) is 45.4 Å². The molecule has 0 aliphatic rings. The zero-order chi connectivity index (χ0) is 12.6. The molecule has 0 unspecified atom stereocenters. The van der Waals surface area contributed by atoms with E-state index < -0.39 is 5.75 Å². The van der Waals surface area contributed by atoms with E-state index in [1.165, 1.54) is 6.07 Å². The number of hydrogen-bond donors (Lipinski definition) is 2. The molecular formula is C12H6Cl3O2. The van der Waals surface area contributed by atoms with E-state index in [-0.39, 0.29) is 10.8 Å². The fourth-order valence-electron chi connectivity index (χ4n) is 1.39. The molecular weight excluding hydrogens is 282 g/mol. The average Bonchev–Trinajstić information content (AvgIpc) is 2.30. The zero-order valence-electron chi connectivity index (χ0n) is 8.34. The van der Waals surface area contributed by atoms with Crippen LogP contribution in [0.15, 0.2) is 24.3 Å². The molecule has 2 aromatic carbocycles. The summed E-state index contributed by atoms with van der Waals surface area (Å²) in [7, 11) is 0. The lowest BCUT2D eigenvalue weighted by molar-refractivity contribution is 0.405. The first-order valence-corrected chi connectivity index (χ1v) is 5.71. The highest BCUT2D eigenvalue weighted by molar-refractivity contribution is 6.42. The van der Waals surface area contributed by atoms with Gasteiger partial charge in [0.1, 0.15) is 0 Å². The topological polar surface area (TPSA) is 40.5 Å². The molecule has 0 heterocycles. The molecule has 0 aliphatic heterocycles. The minimum atomic E-state index is -0.407. The van der Waals surface area contributed by atoms with E-state index in [0.29, 0.717) is 21.2 Å². The van der Waals surface area contributed by atoms with E-state index in [9.17, 15) is 10.2 Å². The van der Waals surface area contributed by atoms with Crippen LogP contribution in [0.5, 0.6) is 11.5 Å². The minimum absolute atomic E-state index is 0.0358. The van der Waals surface area contributed by atoms with Crippen LogP contribution >= 0.6 is 34.8 Å². The van der Waals surface area contributed by atoms with E-state index in [4.69, 9.17) is 34.8 Å². The molecule has 0 fully saturated rings. The first-order valence-electron chi connectivity index (χ1n) is 4.58. The SMILES string of the molecule is Oc1c(Cl)[c]cc(-c2ccc(Cl)c(Cl)c2)c1O. The van der Waals surface area contributed by atoms with Crippen molar-refractivity contribution in [3.8, 4) is 22.6 Å². The van der Waals surface area contributed by atoms with Crippen LogP contribution in [0.4, 0.5) is 0 Å². The van der Waals surface area contributed by atoms with Crippen molar-refractivity contribution in [1.29, 1.82) is 0 Å². The summed E-state index contributed by atoms with van der Waals surface area (Å²) in [6.45, 7) is 0. The molecule has 0 atom stereocenters. The Hall–Kier alpha value is -1.09. The average molecular weight is 289 g/mol. The molecule has 2 N–H and O–H groups in total. The second-order valence-electron chi connectivity index (χ2n) is 3.34. The van der Waals surface area contributed by atoms with Crippen molar-refractivity contribution < 1.29 is 10.2 Å². The number of rotatable bonds is 1. The van der Waals surface area contributed by atoms with Crippen LogP contribution in [-0.4, -0.2) is 10.2 Å². The van der Waals surface area contributed by atoms with Crippen LogP contribution in [-0.2, 0) is 0 Å². The lowest BCUT2D eigenvalue weighted by Crippen LogP contribution is -1.82. The van der Waals surface area contributed by atoms with Crippen molar-refractivity contribution >= 4 is 34.8 Å². The van der Waals surface area contributed by atoms with Gasteiger partial charge in [-0.3, -0.25) is 0 Å². The molecule has 1 radical (unpaired) electrons. The third-order valence-electron chi connectivity index (χ3n) is 2.26. The molecule has 2 nitrogen and oxygen atoms in total. The fourth-order valence-corrected chi connectivity index (χ4v) is 1.83. The summed E-state index contributed by atoms with van der Waals surface area (Å²) in [5.74, 6) is -0.720. The summed E-state index contributed by atoms with van der Waals surface area (Å²) in [6.07, 6.45) is 0. The molecule has 0 bridgehead atoms. The maximum atomic E-state index is 9.76. The van der Waals surface area contributed by atoms with E-state index in [0.717, 1.165) is 0 Å². The molecule has 5 heteroatoms. The Bertz CT molecular complexity index is 582. The Kier molecular flexibility index (Phi) is 3.38. The molecule has 87 valence electrons. The highest BCUT2D eigenvalue weighted by Crippen LogP contribution is 2.41. The first-order chi connectivity index (χ1) is 8.00. The molecule has 0 saturated carbocycles. The van der Waals surface area contributed by atoms with E-state index in [1.54, 1.807) is 18.2 Å². The largest absolute Gasteiger partial charge is 0.504 e. The smallest absolute Gasteiger partial charge is 0.177 e. The lowest BCUT2D eigenvalue weighted by atomic mass is 10.0. The van der Waals surface area contributed by atoms with Gasteiger partial charge in [0.15, 0.2) is 11.5 Å². The third kappa shape index (κ3) is 2.29. The summed E-state index contributed by atoms with van der Waals surface area (Å²) in [4.78, 5) is 0. The summed E-state index contributed by atoms with van der Waals surface area (Å²) in [5, 5.41) is 20.0. The number of aromatic hydroxyl groups is 2. The number of phenols is 2. The molecule has 0 spiro atoms. The number of hydrogen-bond acceptors (Lipinski definition) is 2.